The van der Waals surface area contributed by atoms with Crippen molar-refractivity contribution in [2.45, 2.75) is 13.8 Å². The van der Waals surface area contributed by atoms with E-state index in [1.54, 1.807) is 0 Å². The van der Waals surface area contributed by atoms with Gasteiger partial charge in [0.05, 0.1) is 16.7 Å². The van der Waals surface area contributed by atoms with Crippen LogP contribution in [0.5, 0.6) is 0 Å². The van der Waals surface area contributed by atoms with E-state index in [2.05, 4.69) is 94.5 Å². The molecule has 274 valence electrons. The number of aromatic nitrogens is 7. The Bertz CT molecular complexity index is 3290. The Morgan fingerprint density at radius 2 is 0.914 bits per heavy atom. The van der Waals surface area contributed by atoms with Crippen LogP contribution in [-0.2, 0) is 0 Å². The van der Waals surface area contributed by atoms with Crippen molar-refractivity contribution in [1.82, 2.24) is 34.5 Å². The van der Waals surface area contributed by atoms with E-state index in [9.17, 15) is 0 Å². The summed E-state index contributed by atoms with van der Waals surface area (Å²) in [6.07, 6.45) is 0. The van der Waals surface area contributed by atoms with Gasteiger partial charge < -0.3 is 8.98 Å². The Balaban J connectivity index is 1.21. The Kier molecular flexibility index (Phi) is 7.75. The van der Waals surface area contributed by atoms with Gasteiger partial charge in [-0.05, 0) is 67.4 Å². The zero-order valence-corrected chi connectivity index (χ0v) is 31.6. The highest BCUT2D eigenvalue weighted by Gasteiger charge is 2.21. The van der Waals surface area contributed by atoms with Gasteiger partial charge in [0.15, 0.2) is 23.3 Å². The van der Waals surface area contributed by atoms with Gasteiger partial charge in [0.25, 0.3) is 0 Å². The molecule has 4 aromatic heterocycles. The molecule has 7 aromatic carbocycles. The van der Waals surface area contributed by atoms with Crippen molar-refractivity contribution < 1.29 is 4.42 Å². The van der Waals surface area contributed by atoms with E-state index in [1.807, 2.05) is 92.7 Å². The summed E-state index contributed by atoms with van der Waals surface area (Å²) in [4.78, 5) is 29.4. The quantitative estimate of drug-likeness (QED) is 0.167. The van der Waals surface area contributed by atoms with Crippen LogP contribution < -0.4 is 0 Å². The fourth-order valence-corrected chi connectivity index (χ4v) is 8.04. The van der Waals surface area contributed by atoms with Gasteiger partial charge in [0.1, 0.15) is 22.8 Å². The summed E-state index contributed by atoms with van der Waals surface area (Å²) >= 11 is 0. The second kappa shape index (κ2) is 13.4. The summed E-state index contributed by atoms with van der Waals surface area (Å²) in [6.45, 7) is 3.80. The van der Waals surface area contributed by atoms with E-state index in [0.717, 1.165) is 82.8 Å². The van der Waals surface area contributed by atoms with E-state index < -0.39 is 0 Å². The number of para-hydroxylation sites is 2. The third-order valence-electron chi connectivity index (χ3n) is 10.7. The van der Waals surface area contributed by atoms with E-state index in [1.165, 1.54) is 0 Å². The molecular weight excluding hydrogens is 715 g/mol. The predicted octanol–water partition coefficient (Wildman–Crippen LogP) is 12.0. The molecule has 0 aliphatic carbocycles. The Hall–Kier alpha value is -7.84. The van der Waals surface area contributed by atoms with Gasteiger partial charge in [-0.3, -0.25) is 0 Å². The third-order valence-corrected chi connectivity index (χ3v) is 10.7. The van der Waals surface area contributed by atoms with Crippen molar-refractivity contribution in [1.29, 1.82) is 0 Å². The first kappa shape index (κ1) is 33.5. The summed E-state index contributed by atoms with van der Waals surface area (Å²) in [5.74, 6) is 3.75. The van der Waals surface area contributed by atoms with Crippen molar-refractivity contribution in [3.8, 4) is 62.4 Å². The number of furan rings is 1. The topological polar surface area (TPSA) is 95.4 Å². The fourth-order valence-electron chi connectivity index (χ4n) is 8.04. The van der Waals surface area contributed by atoms with Crippen LogP contribution in [0.25, 0.3) is 106 Å². The van der Waals surface area contributed by atoms with Crippen LogP contribution in [0.15, 0.2) is 168 Å². The molecule has 8 heteroatoms. The molecule has 0 fully saturated rings. The predicted molar refractivity (Wildman–Crippen MR) is 231 cm³/mol. The lowest BCUT2D eigenvalue weighted by Crippen LogP contribution is -2.04. The molecule has 0 bridgehead atoms. The van der Waals surface area contributed by atoms with Crippen LogP contribution in [0.4, 0.5) is 0 Å². The smallest absolute Gasteiger partial charge is 0.166 e. The lowest BCUT2D eigenvalue weighted by molar-refractivity contribution is 0.669. The molecular formula is C50H33N7O. The minimum absolute atomic E-state index is 0.560. The summed E-state index contributed by atoms with van der Waals surface area (Å²) in [5.41, 5.74) is 10.3. The average Bonchev–Trinajstić information content (AvgIpc) is 3.81. The largest absolute Gasteiger partial charge is 0.456 e. The molecule has 0 unspecified atom stereocenters. The molecule has 11 aromatic rings. The van der Waals surface area contributed by atoms with Gasteiger partial charge in [-0.1, -0.05) is 121 Å². The molecule has 0 N–H and O–H groups in total. The van der Waals surface area contributed by atoms with E-state index in [0.29, 0.717) is 34.9 Å². The van der Waals surface area contributed by atoms with E-state index in [4.69, 9.17) is 29.3 Å². The Morgan fingerprint density at radius 1 is 0.362 bits per heavy atom. The molecule has 11 rings (SSSR count). The minimum atomic E-state index is 0.560. The van der Waals surface area contributed by atoms with Crippen molar-refractivity contribution in [2.24, 2.45) is 0 Å². The molecule has 58 heavy (non-hydrogen) atoms. The molecule has 0 aliphatic rings. The fraction of sp³-hybridized carbons (Fsp3) is 0.0400. The number of aryl methyl sites for hydroxylation is 2. The SMILES string of the molecule is Cc1nc(C)nc(-c2ccc3c4ccccc4n(-c4ccc(-c5ccc6oc7ccccc7c6c5)cc4-c4nc(-c5ccccc5)nc(-c5ccccc5)n4)c3c2)n1. The van der Waals surface area contributed by atoms with Crippen LogP contribution >= 0.6 is 0 Å². The van der Waals surface area contributed by atoms with Gasteiger partial charge in [0, 0.05) is 43.8 Å². The number of hydrogen-bond acceptors (Lipinski definition) is 7. The molecule has 0 saturated heterocycles. The monoisotopic (exact) mass is 747 g/mol. The zero-order chi connectivity index (χ0) is 38.7. The normalized spacial score (nSPS) is 11.6. The van der Waals surface area contributed by atoms with E-state index >= 15 is 0 Å². The highest BCUT2D eigenvalue weighted by Crippen LogP contribution is 2.40. The first-order valence-corrected chi connectivity index (χ1v) is 19.2. The number of hydrogen-bond donors (Lipinski definition) is 0. The summed E-state index contributed by atoms with van der Waals surface area (Å²) in [5, 5.41) is 4.39. The highest BCUT2D eigenvalue weighted by molar-refractivity contribution is 6.11. The highest BCUT2D eigenvalue weighted by atomic mass is 16.3. The molecule has 0 amide bonds. The second-order valence-electron chi connectivity index (χ2n) is 14.4. The van der Waals surface area contributed by atoms with Crippen LogP contribution in [-0.4, -0.2) is 34.5 Å². The van der Waals surface area contributed by atoms with Crippen LogP contribution in [0, 0.1) is 13.8 Å². The molecule has 8 nitrogen and oxygen atoms in total. The van der Waals surface area contributed by atoms with Crippen LogP contribution in [0.2, 0.25) is 0 Å². The van der Waals surface area contributed by atoms with Gasteiger partial charge >= 0.3 is 0 Å². The van der Waals surface area contributed by atoms with Crippen molar-refractivity contribution >= 4 is 43.7 Å². The first-order valence-electron chi connectivity index (χ1n) is 19.2. The summed E-state index contributed by atoms with van der Waals surface area (Å²) in [7, 11) is 0. The molecule has 0 radical (unpaired) electrons. The maximum absolute atomic E-state index is 6.21. The third kappa shape index (κ3) is 5.69. The number of benzene rings is 7. The zero-order valence-electron chi connectivity index (χ0n) is 31.6. The Labute approximate surface area is 333 Å². The molecule has 0 saturated carbocycles. The van der Waals surface area contributed by atoms with Crippen LogP contribution in [0.3, 0.4) is 0 Å². The Morgan fingerprint density at radius 3 is 1.66 bits per heavy atom. The van der Waals surface area contributed by atoms with Gasteiger partial charge in [-0.25, -0.2) is 29.9 Å². The lowest BCUT2D eigenvalue weighted by Gasteiger charge is -2.16. The molecule has 4 heterocycles. The van der Waals surface area contributed by atoms with Gasteiger partial charge in [-0.2, -0.15) is 0 Å². The average molecular weight is 748 g/mol. The summed E-state index contributed by atoms with van der Waals surface area (Å²) in [6, 6.07) is 56.3. The molecule has 0 aliphatic heterocycles. The van der Waals surface area contributed by atoms with Crippen LogP contribution in [0.1, 0.15) is 11.6 Å². The van der Waals surface area contributed by atoms with Gasteiger partial charge in [-0.15, -0.1) is 0 Å². The van der Waals surface area contributed by atoms with Crippen molar-refractivity contribution in [3.05, 3.63) is 175 Å². The van der Waals surface area contributed by atoms with Crippen molar-refractivity contribution in [3.63, 3.8) is 0 Å². The number of rotatable bonds is 6. The maximum Gasteiger partial charge on any atom is 0.166 e. The number of nitrogens with zero attached hydrogens (tertiary/aromatic N) is 7. The van der Waals surface area contributed by atoms with Gasteiger partial charge in [0.2, 0.25) is 0 Å². The first-order chi connectivity index (χ1) is 28.5. The van der Waals surface area contributed by atoms with Crippen molar-refractivity contribution in [2.75, 3.05) is 0 Å². The summed E-state index contributed by atoms with van der Waals surface area (Å²) < 4.78 is 8.52. The second-order valence-corrected chi connectivity index (χ2v) is 14.4. The standard InChI is InChI=1S/C50H33N7O/c1-30-51-31(2)53-49(52-30)36-21-24-38-37-17-9-11-19-42(37)57(44(38)29-36)43-25-22-34(35-23-26-46-40(27-35)39-18-10-12-20-45(39)58-46)28-41(43)50-55-47(32-13-5-3-6-14-32)54-48(56-50)33-15-7-4-8-16-33/h3-29H,1-2H3. The molecule has 0 spiro atoms. The van der Waals surface area contributed by atoms with E-state index in [-0.39, 0.29) is 0 Å². The lowest BCUT2D eigenvalue weighted by atomic mass is 9.99. The number of fused-ring (bicyclic) bond motifs is 6. The minimum Gasteiger partial charge on any atom is -0.456 e. The maximum atomic E-state index is 6.21. The molecule has 0 atom stereocenters.